The van der Waals surface area contributed by atoms with Crippen molar-refractivity contribution in [2.24, 2.45) is 0 Å². The Kier molecular flexibility index (Phi) is 9.94. The number of halogens is 4. The van der Waals surface area contributed by atoms with E-state index in [0.29, 0.717) is 25.3 Å². The molecule has 0 radical (unpaired) electrons. The van der Waals surface area contributed by atoms with Crippen LogP contribution in [0.2, 0.25) is 15.1 Å². The van der Waals surface area contributed by atoms with Crippen molar-refractivity contribution < 1.29 is 14.3 Å². The second kappa shape index (κ2) is 12.0. The van der Waals surface area contributed by atoms with Gasteiger partial charge in [0, 0.05) is 17.6 Å². The SMILES string of the molecule is CC[C@@H](C)NC(=O)[C@@H](C)N(Cc1ccc(Cl)c(Cl)c1)C(=O)COc1ccc(Cl)cc1Br. The lowest BCUT2D eigenvalue weighted by Gasteiger charge is -2.29. The monoisotopic (exact) mass is 548 g/mol. The third kappa shape index (κ3) is 7.56. The smallest absolute Gasteiger partial charge is 0.261 e. The van der Waals surface area contributed by atoms with Crippen LogP contribution in [0.1, 0.15) is 32.8 Å². The molecule has 0 heterocycles. The molecule has 0 saturated carbocycles. The molecule has 2 rings (SSSR count). The highest BCUT2D eigenvalue weighted by molar-refractivity contribution is 9.10. The van der Waals surface area contributed by atoms with E-state index in [4.69, 9.17) is 39.5 Å². The zero-order valence-corrected chi connectivity index (χ0v) is 21.3. The van der Waals surface area contributed by atoms with Crippen LogP contribution < -0.4 is 10.1 Å². The van der Waals surface area contributed by atoms with Crippen molar-refractivity contribution in [1.29, 1.82) is 0 Å². The van der Waals surface area contributed by atoms with E-state index in [2.05, 4.69) is 21.2 Å². The van der Waals surface area contributed by atoms with Crippen LogP contribution in [-0.4, -0.2) is 35.4 Å². The minimum Gasteiger partial charge on any atom is -0.483 e. The maximum absolute atomic E-state index is 13.1. The number of hydrogen-bond acceptors (Lipinski definition) is 3. The van der Waals surface area contributed by atoms with E-state index in [1.807, 2.05) is 13.8 Å². The average Bonchev–Trinajstić information content (AvgIpc) is 2.72. The minimum absolute atomic E-state index is 0.00171. The fraction of sp³-hybridized carbons (Fsp3) is 0.364. The largest absolute Gasteiger partial charge is 0.483 e. The van der Waals surface area contributed by atoms with E-state index < -0.39 is 6.04 Å². The molecule has 0 aliphatic carbocycles. The predicted molar refractivity (Wildman–Crippen MR) is 129 cm³/mol. The first-order valence-corrected chi connectivity index (χ1v) is 11.7. The van der Waals surface area contributed by atoms with Gasteiger partial charge in [0.15, 0.2) is 6.61 Å². The summed E-state index contributed by atoms with van der Waals surface area (Å²) >= 11 is 21.4. The molecule has 0 aliphatic rings. The maximum atomic E-state index is 13.1. The normalized spacial score (nSPS) is 12.7. The van der Waals surface area contributed by atoms with E-state index in [9.17, 15) is 9.59 Å². The number of nitrogens with one attached hydrogen (secondary N) is 1. The summed E-state index contributed by atoms with van der Waals surface area (Å²) in [6, 6.07) is 9.41. The van der Waals surface area contributed by atoms with Crippen LogP contribution in [0.5, 0.6) is 5.75 Å². The van der Waals surface area contributed by atoms with E-state index in [0.717, 1.165) is 12.0 Å². The summed E-state index contributed by atoms with van der Waals surface area (Å²) in [7, 11) is 0. The molecular formula is C22H24BrCl3N2O3. The Labute approximate surface area is 206 Å². The van der Waals surface area contributed by atoms with Gasteiger partial charge in [0.05, 0.1) is 14.5 Å². The Hall–Kier alpha value is -1.47. The van der Waals surface area contributed by atoms with Crippen LogP contribution in [0.15, 0.2) is 40.9 Å². The van der Waals surface area contributed by atoms with Crippen LogP contribution in [0, 0.1) is 0 Å². The van der Waals surface area contributed by atoms with Crippen molar-refractivity contribution in [1.82, 2.24) is 10.2 Å². The zero-order valence-electron chi connectivity index (χ0n) is 17.4. The number of carbonyl (C=O) groups is 2. The van der Waals surface area contributed by atoms with E-state index in [1.165, 1.54) is 4.90 Å². The third-order valence-electron chi connectivity index (χ3n) is 4.75. The van der Waals surface area contributed by atoms with Gasteiger partial charge in [-0.1, -0.05) is 47.8 Å². The molecule has 2 aromatic rings. The van der Waals surface area contributed by atoms with Crippen molar-refractivity contribution >= 4 is 62.5 Å². The number of carbonyl (C=O) groups excluding carboxylic acids is 2. The molecule has 2 aromatic carbocycles. The van der Waals surface area contributed by atoms with Crippen LogP contribution >= 0.6 is 50.7 Å². The molecule has 0 unspecified atom stereocenters. The van der Waals surface area contributed by atoms with Gasteiger partial charge in [-0.3, -0.25) is 9.59 Å². The van der Waals surface area contributed by atoms with Crippen molar-refractivity contribution in [3.63, 3.8) is 0 Å². The molecule has 31 heavy (non-hydrogen) atoms. The predicted octanol–water partition coefficient (Wildman–Crippen LogP) is 6.12. The standard InChI is InChI=1S/C22H24BrCl3N2O3/c1-4-13(2)27-22(30)14(3)28(11-15-5-7-18(25)19(26)9-15)21(29)12-31-20-8-6-16(24)10-17(20)23/h5-10,13-14H,4,11-12H2,1-3H3,(H,27,30)/t13-,14-/m1/s1. The van der Waals surface area contributed by atoms with Gasteiger partial charge in [0.2, 0.25) is 5.91 Å². The van der Waals surface area contributed by atoms with Crippen molar-refractivity contribution in [2.45, 2.75) is 45.8 Å². The van der Waals surface area contributed by atoms with Gasteiger partial charge in [0.25, 0.3) is 5.91 Å². The van der Waals surface area contributed by atoms with Gasteiger partial charge < -0.3 is 15.0 Å². The highest BCUT2D eigenvalue weighted by Crippen LogP contribution is 2.28. The first-order valence-electron chi connectivity index (χ1n) is 9.74. The van der Waals surface area contributed by atoms with Gasteiger partial charge in [-0.15, -0.1) is 0 Å². The molecule has 5 nitrogen and oxygen atoms in total. The van der Waals surface area contributed by atoms with Crippen molar-refractivity contribution in [2.75, 3.05) is 6.61 Å². The second-order valence-corrected chi connectivity index (χ2v) is 9.23. The third-order valence-corrected chi connectivity index (χ3v) is 6.34. The number of benzene rings is 2. The highest BCUT2D eigenvalue weighted by Gasteiger charge is 2.27. The van der Waals surface area contributed by atoms with Gasteiger partial charge in [-0.25, -0.2) is 0 Å². The Bertz CT molecular complexity index is 942. The first-order chi connectivity index (χ1) is 14.6. The van der Waals surface area contributed by atoms with Crippen LogP contribution in [-0.2, 0) is 16.1 Å². The molecule has 0 aliphatic heterocycles. The molecule has 0 bridgehead atoms. The van der Waals surface area contributed by atoms with Crippen LogP contribution in [0.3, 0.4) is 0 Å². The lowest BCUT2D eigenvalue weighted by Crippen LogP contribution is -2.50. The Morgan fingerprint density at radius 2 is 1.81 bits per heavy atom. The number of amides is 2. The molecular weight excluding hydrogens is 527 g/mol. The van der Waals surface area contributed by atoms with Crippen molar-refractivity contribution in [3.8, 4) is 5.75 Å². The fourth-order valence-electron chi connectivity index (χ4n) is 2.70. The molecule has 2 amide bonds. The van der Waals surface area contributed by atoms with Gasteiger partial charge in [-0.2, -0.15) is 0 Å². The molecule has 0 spiro atoms. The summed E-state index contributed by atoms with van der Waals surface area (Å²) in [4.78, 5) is 27.3. The summed E-state index contributed by atoms with van der Waals surface area (Å²) < 4.78 is 6.30. The van der Waals surface area contributed by atoms with E-state index >= 15 is 0 Å². The van der Waals surface area contributed by atoms with Crippen LogP contribution in [0.4, 0.5) is 0 Å². The summed E-state index contributed by atoms with van der Waals surface area (Å²) in [6.45, 7) is 5.51. The Morgan fingerprint density at radius 3 is 2.42 bits per heavy atom. The number of hydrogen-bond donors (Lipinski definition) is 1. The number of rotatable bonds is 9. The summed E-state index contributed by atoms with van der Waals surface area (Å²) in [5.74, 6) is -0.112. The number of ether oxygens (including phenoxy) is 1. The van der Waals surface area contributed by atoms with Gasteiger partial charge in [-0.05, 0) is 72.1 Å². The molecule has 1 N–H and O–H groups in total. The minimum atomic E-state index is -0.715. The molecule has 0 aromatic heterocycles. The van der Waals surface area contributed by atoms with Crippen molar-refractivity contribution in [3.05, 3.63) is 61.5 Å². The Morgan fingerprint density at radius 1 is 1.10 bits per heavy atom. The van der Waals surface area contributed by atoms with Crippen LogP contribution in [0.25, 0.3) is 0 Å². The quantitative estimate of drug-likeness (QED) is 0.409. The van der Waals surface area contributed by atoms with Gasteiger partial charge in [0.1, 0.15) is 11.8 Å². The average molecular weight is 551 g/mol. The molecule has 168 valence electrons. The first kappa shape index (κ1) is 25.8. The van der Waals surface area contributed by atoms with E-state index in [1.54, 1.807) is 43.3 Å². The maximum Gasteiger partial charge on any atom is 0.261 e. The molecule has 2 atom stereocenters. The molecule has 0 saturated heterocycles. The summed E-state index contributed by atoms with van der Waals surface area (Å²) in [5.41, 5.74) is 0.749. The highest BCUT2D eigenvalue weighted by atomic mass is 79.9. The summed E-state index contributed by atoms with van der Waals surface area (Å²) in [6.07, 6.45) is 0.785. The second-order valence-electron chi connectivity index (χ2n) is 7.13. The fourth-order valence-corrected chi connectivity index (χ4v) is 3.82. The lowest BCUT2D eigenvalue weighted by molar-refractivity contribution is -0.142. The Balaban J connectivity index is 2.20. The summed E-state index contributed by atoms with van der Waals surface area (Å²) in [5, 5.41) is 4.26. The number of nitrogens with zero attached hydrogens (tertiary/aromatic N) is 1. The molecule has 0 fully saturated rings. The van der Waals surface area contributed by atoms with E-state index in [-0.39, 0.29) is 31.0 Å². The molecule has 9 heteroatoms. The zero-order chi connectivity index (χ0) is 23.1. The van der Waals surface area contributed by atoms with Gasteiger partial charge >= 0.3 is 0 Å². The lowest BCUT2D eigenvalue weighted by atomic mass is 10.1. The topological polar surface area (TPSA) is 58.6 Å².